The molecule has 0 spiro atoms. The maximum atomic E-state index is 13.0. The van der Waals surface area contributed by atoms with Crippen molar-refractivity contribution in [1.82, 2.24) is 0 Å². The lowest BCUT2D eigenvalue weighted by molar-refractivity contribution is -0.111. The zero-order chi connectivity index (χ0) is 28.7. The van der Waals surface area contributed by atoms with Gasteiger partial charge in [-0.05, 0) is 68.3 Å². The minimum absolute atomic E-state index is 0.0813. The molecule has 0 aliphatic heterocycles. The molecule has 2 amide bonds. The largest absolute Gasteiger partial charge is 0.491 e. The number of aliphatic hydroxyl groups is 1. The summed E-state index contributed by atoms with van der Waals surface area (Å²) >= 11 is 3.38. The highest BCUT2D eigenvalue weighted by Crippen LogP contribution is 2.34. The van der Waals surface area contributed by atoms with Gasteiger partial charge in [0, 0.05) is 22.3 Å². The van der Waals surface area contributed by atoms with Crippen LogP contribution in [0.5, 0.6) is 5.75 Å². The van der Waals surface area contributed by atoms with Crippen molar-refractivity contribution in [3.8, 4) is 5.75 Å². The zero-order valence-electron chi connectivity index (χ0n) is 22.2. The summed E-state index contributed by atoms with van der Waals surface area (Å²) < 4.78 is 18.6. The molecular formula is C30H34BrN3O6. The van der Waals surface area contributed by atoms with E-state index in [2.05, 4.69) is 26.6 Å². The van der Waals surface area contributed by atoms with Gasteiger partial charge in [0.05, 0.1) is 24.1 Å². The van der Waals surface area contributed by atoms with Crippen molar-refractivity contribution in [3.63, 3.8) is 0 Å². The number of anilines is 3. The van der Waals surface area contributed by atoms with Crippen molar-refractivity contribution in [2.75, 3.05) is 36.2 Å². The van der Waals surface area contributed by atoms with Crippen LogP contribution < -0.4 is 21.1 Å². The van der Waals surface area contributed by atoms with Crippen LogP contribution in [0.3, 0.4) is 0 Å². The lowest BCUT2D eigenvalue weighted by Gasteiger charge is -2.28. The van der Waals surface area contributed by atoms with E-state index in [-0.39, 0.29) is 19.1 Å². The van der Waals surface area contributed by atoms with Crippen molar-refractivity contribution in [1.29, 1.82) is 0 Å². The lowest BCUT2D eigenvalue weighted by atomic mass is 9.99. The Morgan fingerprint density at radius 3 is 2.48 bits per heavy atom. The lowest BCUT2D eigenvalue weighted by Crippen LogP contribution is -2.29. The maximum Gasteiger partial charge on any atom is 0.412 e. The summed E-state index contributed by atoms with van der Waals surface area (Å²) in [5, 5.41) is 14.8. The van der Waals surface area contributed by atoms with Crippen LogP contribution in [-0.4, -0.2) is 43.0 Å². The van der Waals surface area contributed by atoms with Gasteiger partial charge in [0.1, 0.15) is 12.4 Å². The smallest absolute Gasteiger partial charge is 0.412 e. The number of rotatable bonds is 14. The monoisotopic (exact) mass is 611 g/mol. The Balaban J connectivity index is 1.76. The van der Waals surface area contributed by atoms with Crippen LogP contribution >= 0.6 is 15.9 Å². The molecule has 3 rings (SSSR count). The van der Waals surface area contributed by atoms with E-state index in [0.717, 1.165) is 4.47 Å². The second-order valence-electron chi connectivity index (χ2n) is 8.62. The van der Waals surface area contributed by atoms with Crippen LogP contribution in [0.1, 0.15) is 31.4 Å². The molecule has 0 aliphatic rings. The molecular weight excluding hydrogens is 578 g/mol. The molecule has 0 aromatic heterocycles. The molecule has 40 heavy (non-hydrogen) atoms. The Morgan fingerprint density at radius 2 is 1.75 bits per heavy atom. The van der Waals surface area contributed by atoms with Crippen LogP contribution in [0.4, 0.5) is 21.9 Å². The van der Waals surface area contributed by atoms with E-state index in [9.17, 15) is 14.7 Å². The Kier molecular flexibility index (Phi) is 12.5. The Morgan fingerprint density at radius 1 is 1.02 bits per heavy atom. The first-order valence-corrected chi connectivity index (χ1v) is 13.7. The summed E-state index contributed by atoms with van der Waals surface area (Å²) in [4.78, 5) is 25.4. The molecule has 3 aromatic rings. The molecule has 0 aliphatic carbocycles. The molecule has 0 saturated carbocycles. The van der Waals surface area contributed by atoms with Gasteiger partial charge in [-0.15, -0.1) is 0 Å². The number of amides is 2. The average Bonchev–Trinajstić information content (AvgIpc) is 2.95. The number of nitrogen functional groups attached to an aromatic ring is 1. The molecule has 212 valence electrons. The van der Waals surface area contributed by atoms with Gasteiger partial charge in [0.25, 0.3) is 0 Å². The molecule has 10 heteroatoms. The fourth-order valence-electron chi connectivity index (χ4n) is 3.91. The molecule has 0 bridgehead atoms. The second kappa shape index (κ2) is 16.3. The quantitative estimate of drug-likeness (QED) is 0.128. The second-order valence-corrected chi connectivity index (χ2v) is 9.53. The minimum Gasteiger partial charge on any atom is -0.491 e. The van der Waals surface area contributed by atoms with Crippen molar-refractivity contribution in [2.45, 2.75) is 32.0 Å². The molecule has 5 N–H and O–H groups in total. The highest BCUT2D eigenvalue weighted by atomic mass is 79.9. The van der Waals surface area contributed by atoms with Gasteiger partial charge in [-0.1, -0.05) is 52.3 Å². The van der Waals surface area contributed by atoms with Gasteiger partial charge < -0.3 is 30.4 Å². The number of halogens is 1. The summed E-state index contributed by atoms with van der Waals surface area (Å²) in [6.07, 6.45) is 2.02. The van der Waals surface area contributed by atoms with E-state index in [4.69, 9.17) is 19.9 Å². The Bertz CT molecular complexity index is 1270. The molecule has 3 aromatic carbocycles. The third kappa shape index (κ3) is 9.71. The number of nitrogens with two attached hydrogens (primary N) is 1. The molecule has 9 nitrogen and oxygen atoms in total. The van der Waals surface area contributed by atoms with Crippen LogP contribution in [-0.2, 0) is 14.3 Å². The number of benzene rings is 3. The first-order chi connectivity index (χ1) is 19.4. The number of aliphatic hydroxyl groups excluding tert-OH is 1. The molecule has 0 fully saturated rings. The number of allylic oxidation sites excluding steroid dienone is 1. The number of hydrogen-bond donors (Lipinski definition) is 4. The average molecular weight is 613 g/mol. The van der Waals surface area contributed by atoms with Gasteiger partial charge in [-0.2, -0.15) is 0 Å². The Labute approximate surface area is 242 Å². The summed E-state index contributed by atoms with van der Waals surface area (Å²) in [7, 11) is 0. The number of hydrogen-bond acceptors (Lipinski definition) is 7. The molecule has 2 atom stereocenters. The van der Waals surface area contributed by atoms with E-state index >= 15 is 0 Å². The Hall–Kier alpha value is -3.86. The van der Waals surface area contributed by atoms with Crippen molar-refractivity contribution in [3.05, 3.63) is 95.0 Å². The van der Waals surface area contributed by atoms with Crippen LogP contribution in [0.25, 0.3) is 0 Å². The highest BCUT2D eigenvalue weighted by molar-refractivity contribution is 9.10. The molecule has 0 radical (unpaired) electrons. The third-order valence-corrected chi connectivity index (χ3v) is 6.25. The molecule has 0 saturated heterocycles. The van der Waals surface area contributed by atoms with Crippen molar-refractivity contribution in [2.24, 2.45) is 0 Å². The number of carbonyl (C=O) groups is 2. The standard InChI is InChI=1S/C30H34BrN3O6/c1-2-38-27(13-7-8-14-28(36)34-25-11-5-4-10-24(25)32)29(23-9-3-6-12-26(23)39-20-19-35)40-30(37)33-22-17-15-21(31)16-18-22/h3-6,8-12,14-18,27,29,35H,2,7,13,19-20,32H2,1H3,(H,33,37)(H,34,36)/b14-8+/t27-,29-/m1/s1. The number of ether oxygens (including phenoxy) is 3. The van der Waals surface area contributed by atoms with E-state index in [0.29, 0.717) is 47.8 Å². The maximum absolute atomic E-state index is 13.0. The zero-order valence-corrected chi connectivity index (χ0v) is 23.8. The fraction of sp³-hybridized carbons (Fsp3) is 0.267. The van der Waals surface area contributed by atoms with Gasteiger partial charge in [0.2, 0.25) is 5.91 Å². The van der Waals surface area contributed by atoms with E-state index in [1.807, 2.05) is 25.1 Å². The summed E-state index contributed by atoms with van der Waals surface area (Å²) in [6.45, 7) is 2.14. The van der Waals surface area contributed by atoms with Gasteiger partial charge >= 0.3 is 6.09 Å². The minimum atomic E-state index is -0.836. The summed E-state index contributed by atoms with van der Waals surface area (Å²) in [5.74, 6) is 0.161. The van der Waals surface area contributed by atoms with E-state index in [1.54, 1.807) is 60.7 Å². The van der Waals surface area contributed by atoms with Gasteiger partial charge in [-0.25, -0.2) is 4.79 Å². The summed E-state index contributed by atoms with van der Waals surface area (Å²) in [6, 6.07) is 21.3. The van der Waals surface area contributed by atoms with E-state index in [1.165, 1.54) is 6.08 Å². The van der Waals surface area contributed by atoms with Gasteiger partial charge in [0.15, 0.2) is 6.10 Å². The fourth-order valence-corrected chi connectivity index (χ4v) is 4.17. The SMILES string of the molecule is CCO[C@H](CC/C=C/C(=O)Nc1ccccc1N)[C@H](OC(=O)Nc1ccc(Br)cc1)c1ccccc1OCCO. The predicted octanol–water partition coefficient (Wildman–Crippen LogP) is 6.07. The van der Waals surface area contributed by atoms with Gasteiger partial charge in [-0.3, -0.25) is 10.1 Å². The first-order valence-electron chi connectivity index (χ1n) is 12.9. The normalized spacial score (nSPS) is 12.5. The first kappa shape index (κ1) is 30.7. The van der Waals surface area contributed by atoms with Crippen LogP contribution in [0, 0.1) is 0 Å². The predicted molar refractivity (Wildman–Crippen MR) is 159 cm³/mol. The van der Waals surface area contributed by atoms with Crippen molar-refractivity contribution < 1.29 is 28.9 Å². The number of carbonyl (C=O) groups excluding carboxylic acids is 2. The van der Waals surface area contributed by atoms with Crippen LogP contribution in [0.2, 0.25) is 0 Å². The number of para-hydroxylation sites is 3. The highest BCUT2D eigenvalue weighted by Gasteiger charge is 2.30. The third-order valence-electron chi connectivity index (χ3n) is 5.72. The summed E-state index contributed by atoms with van der Waals surface area (Å²) in [5.41, 5.74) is 8.07. The molecule has 0 heterocycles. The van der Waals surface area contributed by atoms with Crippen molar-refractivity contribution >= 4 is 45.0 Å². The van der Waals surface area contributed by atoms with E-state index < -0.39 is 18.3 Å². The van der Waals surface area contributed by atoms with Crippen LogP contribution in [0.15, 0.2) is 89.4 Å². The topological polar surface area (TPSA) is 132 Å². The number of nitrogens with one attached hydrogen (secondary N) is 2. The molecule has 0 unspecified atom stereocenters.